The molecule has 1 aliphatic rings. The summed E-state index contributed by atoms with van der Waals surface area (Å²) in [4.78, 5) is 2.32. The number of benzene rings is 2. The lowest BCUT2D eigenvalue weighted by molar-refractivity contribution is -0.0925. The van der Waals surface area contributed by atoms with E-state index in [1.54, 1.807) is 20.3 Å². The first-order chi connectivity index (χ1) is 18.0. The van der Waals surface area contributed by atoms with Crippen LogP contribution in [0.25, 0.3) is 0 Å². The van der Waals surface area contributed by atoms with Crippen molar-refractivity contribution in [1.29, 1.82) is 0 Å². The van der Waals surface area contributed by atoms with E-state index in [9.17, 15) is 0 Å². The number of hydrogen-bond donors (Lipinski definition) is 0. The van der Waals surface area contributed by atoms with Crippen LogP contribution in [-0.2, 0) is 22.6 Å². The fourth-order valence-electron chi connectivity index (χ4n) is 4.35. The molecule has 4 rings (SSSR count). The molecule has 0 aliphatic carbocycles. The highest BCUT2D eigenvalue weighted by Gasteiger charge is 2.36. The summed E-state index contributed by atoms with van der Waals surface area (Å²) in [5.41, 5.74) is 1.68. The Kier molecular flexibility index (Phi) is 9.68. The van der Waals surface area contributed by atoms with E-state index in [0.717, 1.165) is 48.7 Å². The molecule has 2 aromatic carbocycles. The van der Waals surface area contributed by atoms with E-state index in [4.69, 9.17) is 35.3 Å². The van der Waals surface area contributed by atoms with E-state index < -0.39 is 5.60 Å². The topological polar surface area (TPSA) is 67.2 Å². The molecule has 0 radical (unpaired) electrons. The highest BCUT2D eigenvalue weighted by Crippen LogP contribution is 2.30. The van der Waals surface area contributed by atoms with Gasteiger partial charge in [0.15, 0.2) is 11.5 Å². The first-order valence-electron chi connectivity index (χ1n) is 12.5. The van der Waals surface area contributed by atoms with Crippen molar-refractivity contribution in [1.82, 2.24) is 14.7 Å². The maximum absolute atomic E-state index is 6.11. The molecular weight excluding hydrogens is 494 g/mol. The molecule has 0 N–H and O–H groups in total. The average molecular weight is 530 g/mol. The Balaban J connectivity index is 1.37. The minimum Gasteiger partial charge on any atom is -0.493 e. The van der Waals surface area contributed by atoms with Crippen molar-refractivity contribution in [3.63, 3.8) is 0 Å². The number of halogens is 1. The molecule has 9 heteroatoms. The highest BCUT2D eigenvalue weighted by atomic mass is 35.5. The first kappa shape index (κ1) is 27.3. The van der Waals surface area contributed by atoms with E-state index in [0.29, 0.717) is 43.7 Å². The third-order valence-electron chi connectivity index (χ3n) is 6.35. The zero-order chi connectivity index (χ0) is 26.1. The van der Waals surface area contributed by atoms with Gasteiger partial charge in [-0.1, -0.05) is 23.7 Å². The van der Waals surface area contributed by atoms with Gasteiger partial charge in [-0.15, -0.1) is 0 Å². The number of hydrogen-bond acceptors (Lipinski definition) is 7. The zero-order valence-corrected chi connectivity index (χ0v) is 22.6. The monoisotopic (exact) mass is 529 g/mol. The molecule has 2 heterocycles. The van der Waals surface area contributed by atoms with Crippen LogP contribution in [0.1, 0.15) is 17.5 Å². The summed E-state index contributed by atoms with van der Waals surface area (Å²) in [6.07, 6.45) is 4.75. The van der Waals surface area contributed by atoms with Crippen LogP contribution in [0.4, 0.5) is 0 Å². The minimum atomic E-state index is -0.602. The summed E-state index contributed by atoms with van der Waals surface area (Å²) in [6.45, 7) is 7.01. The van der Waals surface area contributed by atoms with Crippen LogP contribution < -0.4 is 14.2 Å². The molecule has 1 aliphatic heterocycles. The second kappa shape index (κ2) is 13.1. The van der Waals surface area contributed by atoms with Crippen molar-refractivity contribution in [3.8, 4) is 17.2 Å². The maximum atomic E-state index is 6.11. The number of aromatic nitrogens is 2. The van der Waals surface area contributed by atoms with E-state index in [-0.39, 0.29) is 0 Å². The molecule has 1 fully saturated rings. The average Bonchev–Trinajstić information content (AvgIpc) is 3.21. The lowest BCUT2D eigenvalue weighted by Crippen LogP contribution is -2.50. The fourth-order valence-corrected chi connectivity index (χ4v) is 4.53. The number of ether oxygens (including phenoxy) is 5. The molecule has 200 valence electrons. The molecule has 0 bridgehead atoms. The molecule has 1 unspecified atom stereocenters. The van der Waals surface area contributed by atoms with Crippen LogP contribution in [0.15, 0.2) is 54.9 Å². The molecule has 1 atom stereocenters. The predicted molar refractivity (Wildman–Crippen MR) is 143 cm³/mol. The van der Waals surface area contributed by atoms with Crippen molar-refractivity contribution >= 4 is 11.6 Å². The number of rotatable bonds is 12. The minimum absolute atomic E-state index is 0.354. The van der Waals surface area contributed by atoms with Gasteiger partial charge in [0, 0.05) is 50.9 Å². The lowest BCUT2D eigenvalue weighted by Gasteiger charge is -2.34. The van der Waals surface area contributed by atoms with Crippen molar-refractivity contribution in [2.75, 3.05) is 53.7 Å². The van der Waals surface area contributed by atoms with E-state index >= 15 is 0 Å². The summed E-state index contributed by atoms with van der Waals surface area (Å²) in [5, 5.41) is 4.97. The fraction of sp³-hybridized carbons (Fsp3) is 0.464. The van der Waals surface area contributed by atoms with Crippen molar-refractivity contribution in [3.05, 3.63) is 71.0 Å². The van der Waals surface area contributed by atoms with Gasteiger partial charge in [0.05, 0.1) is 33.1 Å². The molecule has 37 heavy (non-hydrogen) atoms. The van der Waals surface area contributed by atoms with Crippen LogP contribution in [0.2, 0.25) is 5.02 Å². The number of aryl methyl sites for hydroxylation is 2. The van der Waals surface area contributed by atoms with Gasteiger partial charge in [-0.3, -0.25) is 9.58 Å². The molecule has 8 nitrogen and oxygen atoms in total. The molecule has 0 saturated carbocycles. The van der Waals surface area contributed by atoms with Gasteiger partial charge in [-0.25, -0.2) is 0 Å². The number of nitrogens with zero attached hydrogens (tertiary/aromatic N) is 3. The van der Waals surface area contributed by atoms with Crippen LogP contribution >= 0.6 is 11.6 Å². The first-order valence-corrected chi connectivity index (χ1v) is 12.9. The predicted octanol–water partition coefficient (Wildman–Crippen LogP) is 4.62. The van der Waals surface area contributed by atoms with Gasteiger partial charge in [0.25, 0.3) is 0 Å². The standard InChI is InChI=1S/C28H36ClN3O5/c1-22-16-30-32(17-22)10-5-12-36-27-14-23(8-9-26(27)33-2)18-31-11-13-35-20-28(19-31,34-3)21-37-25-7-4-6-24(29)15-25/h4,6-9,14-17H,5,10-13,18-21H2,1-3H3. The van der Waals surface area contributed by atoms with Gasteiger partial charge in [0.2, 0.25) is 0 Å². The van der Waals surface area contributed by atoms with Gasteiger partial charge in [0.1, 0.15) is 18.0 Å². The SMILES string of the molecule is COc1ccc(CN2CCOCC(COc3cccc(Cl)c3)(OC)C2)cc1OCCCn1cc(C)cn1. The largest absolute Gasteiger partial charge is 0.493 e. The van der Waals surface area contributed by atoms with Gasteiger partial charge in [-0.2, -0.15) is 5.10 Å². The molecular formula is C28H36ClN3O5. The Morgan fingerprint density at radius 1 is 1.11 bits per heavy atom. The third kappa shape index (κ3) is 7.85. The Morgan fingerprint density at radius 3 is 2.76 bits per heavy atom. The van der Waals surface area contributed by atoms with Crippen LogP contribution in [0.3, 0.4) is 0 Å². The van der Waals surface area contributed by atoms with Crippen molar-refractivity contribution in [2.24, 2.45) is 0 Å². The molecule has 0 amide bonds. The lowest BCUT2D eigenvalue weighted by atomic mass is 10.1. The summed E-state index contributed by atoms with van der Waals surface area (Å²) in [5.74, 6) is 2.17. The third-order valence-corrected chi connectivity index (χ3v) is 6.58. The second-order valence-electron chi connectivity index (χ2n) is 9.36. The van der Waals surface area contributed by atoms with E-state index in [1.165, 1.54) is 0 Å². The normalized spacial score (nSPS) is 18.4. The van der Waals surface area contributed by atoms with Crippen LogP contribution in [-0.4, -0.2) is 74.0 Å². The summed E-state index contributed by atoms with van der Waals surface area (Å²) < 4.78 is 31.5. The Bertz CT molecular complexity index is 1140. The van der Waals surface area contributed by atoms with Crippen molar-refractivity contribution in [2.45, 2.75) is 32.0 Å². The van der Waals surface area contributed by atoms with E-state index in [2.05, 4.69) is 22.1 Å². The van der Waals surface area contributed by atoms with Gasteiger partial charge >= 0.3 is 0 Å². The van der Waals surface area contributed by atoms with Gasteiger partial charge in [-0.05, 0) is 48.4 Å². The highest BCUT2D eigenvalue weighted by molar-refractivity contribution is 6.30. The Morgan fingerprint density at radius 2 is 2.00 bits per heavy atom. The molecule has 0 spiro atoms. The second-order valence-corrected chi connectivity index (χ2v) is 9.80. The summed E-state index contributed by atoms with van der Waals surface area (Å²) in [6, 6.07) is 13.5. The Labute approximate surface area is 224 Å². The molecule has 1 aromatic heterocycles. The van der Waals surface area contributed by atoms with Crippen LogP contribution in [0.5, 0.6) is 17.2 Å². The summed E-state index contributed by atoms with van der Waals surface area (Å²) in [7, 11) is 3.37. The Hall–Kier alpha value is -2.78. The molecule has 3 aromatic rings. The smallest absolute Gasteiger partial charge is 0.161 e. The quantitative estimate of drug-likeness (QED) is 0.317. The maximum Gasteiger partial charge on any atom is 0.161 e. The van der Waals surface area contributed by atoms with E-state index in [1.807, 2.05) is 48.3 Å². The van der Waals surface area contributed by atoms with Crippen LogP contribution in [0, 0.1) is 6.92 Å². The van der Waals surface area contributed by atoms with Crippen molar-refractivity contribution < 1.29 is 23.7 Å². The number of methoxy groups -OCH3 is 2. The summed E-state index contributed by atoms with van der Waals surface area (Å²) >= 11 is 6.11. The van der Waals surface area contributed by atoms with Gasteiger partial charge < -0.3 is 23.7 Å². The molecule has 1 saturated heterocycles. The zero-order valence-electron chi connectivity index (χ0n) is 21.8.